The molecule has 3 rings (SSSR count). The van der Waals surface area contributed by atoms with Crippen molar-refractivity contribution in [1.29, 1.82) is 0 Å². The molecule has 1 atom stereocenters. The summed E-state index contributed by atoms with van der Waals surface area (Å²) in [6.45, 7) is 1.83. The second kappa shape index (κ2) is 4.84. The Morgan fingerprint density at radius 1 is 1.35 bits per heavy atom. The molecular formula is C14H19NO3S2. The zero-order valence-electron chi connectivity index (χ0n) is 11.6. The molecule has 4 nitrogen and oxygen atoms in total. The smallest absolute Gasteiger partial charge is 0.252 e. The minimum absolute atomic E-state index is 0.0536. The maximum Gasteiger partial charge on any atom is 0.252 e. The van der Waals surface area contributed by atoms with E-state index >= 15 is 0 Å². The SMILES string of the molecule is CC1(NC(=O)c2csc3c2CCCC3)CCS(=O)(=O)C1. The van der Waals surface area contributed by atoms with Gasteiger partial charge in [0.25, 0.3) is 5.91 Å². The van der Waals surface area contributed by atoms with Crippen molar-refractivity contribution in [3.8, 4) is 0 Å². The van der Waals surface area contributed by atoms with Gasteiger partial charge in [-0.05, 0) is 44.6 Å². The molecule has 1 N–H and O–H groups in total. The highest BCUT2D eigenvalue weighted by Crippen LogP contribution is 2.31. The Kier molecular flexibility index (Phi) is 3.41. The van der Waals surface area contributed by atoms with Crippen molar-refractivity contribution < 1.29 is 13.2 Å². The maximum atomic E-state index is 12.5. The van der Waals surface area contributed by atoms with Gasteiger partial charge in [0.05, 0.1) is 22.6 Å². The van der Waals surface area contributed by atoms with Crippen LogP contribution in [0.4, 0.5) is 0 Å². The molecule has 0 aromatic carbocycles. The second-order valence-electron chi connectivity index (χ2n) is 6.12. The van der Waals surface area contributed by atoms with Crippen LogP contribution in [0, 0.1) is 0 Å². The molecule has 0 radical (unpaired) electrons. The third-order valence-corrected chi connectivity index (χ3v) is 7.22. The van der Waals surface area contributed by atoms with E-state index < -0.39 is 15.4 Å². The number of carbonyl (C=O) groups is 1. The Morgan fingerprint density at radius 3 is 2.80 bits per heavy atom. The summed E-state index contributed by atoms with van der Waals surface area (Å²) in [5.74, 6) is 0.118. The lowest BCUT2D eigenvalue weighted by Crippen LogP contribution is -2.47. The number of hydrogen-bond donors (Lipinski definition) is 1. The van der Waals surface area contributed by atoms with E-state index in [1.807, 2.05) is 12.3 Å². The van der Waals surface area contributed by atoms with Crippen LogP contribution in [0.5, 0.6) is 0 Å². The fraction of sp³-hybridized carbons (Fsp3) is 0.643. The summed E-state index contributed by atoms with van der Waals surface area (Å²) in [7, 11) is -3.00. The number of sulfone groups is 1. The van der Waals surface area contributed by atoms with Crippen LogP contribution in [0.3, 0.4) is 0 Å². The van der Waals surface area contributed by atoms with Gasteiger partial charge in [-0.2, -0.15) is 0 Å². The molecule has 1 fully saturated rings. The van der Waals surface area contributed by atoms with Crippen LogP contribution in [0.25, 0.3) is 0 Å². The number of amides is 1. The predicted molar refractivity (Wildman–Crippen MR) is 80.1 cm³/mol. The number of thiophene rings is 1. The van der Waals surface area contributed by atoms with Crippen molar-refractivity contribution >= 4 is 27.1 Å². The third kappa shape index (κ3) is 2.63. The maximum absolute atomic E-state index is 12.5. The number of hydrogen-bond acceptors (Lipinski definition) is 4. The molecule has 2 aliphatic rings. The second-order valence-corrected chi connectivity index (χ2v) is 9.26. The summed E-state index contributed by atoms with van der Waals surface area (Å²) < 4.78 is 23.2. The number of nitrogens with one attached hydrogen (secondary N) is 1. The van der Waals surface area contributed by atoms with E-state index in [0.29, 0.717) is 6.42 Å². The largest absolute Gasteiger partial charge is 0.346 e. The Balaban J connectivity index is 1.79. The molecule has 20 heavy (non-hydrogen) atoms. The van der Waals surface area contributed by atoms with Crippen LogP contribution in [0.15, 0.2) is 5.38 Å². The predicted octanol–water partition coefficient (Wildman–Crippen LogP) is 1.93. The quantitative estimate of drug-likeness (QED) is 0.907. The molecule has 1 amide bonds. The van der Waals surface area contributed by atoms with E-state index in [4.69, 9.17) is 0 Å². The molecule has 1 aliphatic carbocycles. The van der Waals surface area contributed by atoms with E-state index in [1.165, 1.54) is 16.9 Å². The first-order chi connectivity index (χ1) is 9.39. The fourth-order valence-electron chi connectivity index (χ4n) is 3.13. The summed E-state index contributed by atoms with van der Waals surface area (Å²) in [5, 5.41) is 4.88. The lowest BCUT2D eigenvalue weighted by atomic mass is 9.94. The van der Waals surface area contributed by atoms with Crippen molar-refractivity contribution in [2.75, 3.05) is 11.5 Å². The van der Waals surface area contributed by atoms with Gasteiger partial charge < -0.3 is 5.32 Å². The van der Waals surface area contributed by atoms with Crippen LogP contribution < -0.4 is 5.32 Å². The van der Waals surface area contributed by atoms with Crippen LogP contribution in [0.1, 0.15) is 47.0 Å². The minimum atomic E-state index is -3.00. The lowest BCUT2D eigenvalue weighted by Gasteiger charge is -2.24. The Bertz CT molecular complexity index is 647. The van der Waals surface area contributed by atoms with Gasteiger partial charge in [0.2, 0.25) is 0 Å². The van der Waals surface area contributed by atoms with E-state index in [-0.39, 0.29) is 17.4 Å². The number of fused-ring (bicyclic) bond motifs is 1. The highest BCUT2D eigenvalue weighted by Gasteiger charge is 2.40. The van der Waals surface area contributed by atoms with Crippen molar-refractivity contribution in [2.45, 2.75) is 44.6 Å². The van der Waals surface area contributed by atoms with Gasteiger partial charge >= 0.3 is 0 Å². The fourth-order valence-corrected chi connectivity index (χ4v) is 6.35. The van der Waals surface area contributed by atoms with E-state index in [9.17, 15) is 13.2 Å². The van der Waals surface area contributed by atoms with Crippen molar-refractivity contribution in [1.82, 2.24) is 5.32 Å². The standard InChI is InChI=1S/C14H19NO3S2/c1-14(6-7-20(17,18)9-14)15-13(16)11-8-19-12-5-3-2-4-10(11)12/h8H,2-7,9H2,1H3,(H,15,16). The summed E-state index contributed by atoms with van der Waals surface area (Å²) >= 11 is 1.66. The average molecular weight is 313 g/mol. The zero-order chi connectivity index (χ0) is 14.4. The van der Waals surface area contributed by atoms with Crippen LogP contribution in [-0.2, 0) is 22.7 Å². The highest BCUT2D eigenvalue weighted by atomic mass is 32.2. The van der Waals surface area contributed by atoms with Crippen molar-refractivity contribution in [3.05, 3.63) is 21.4 Å². The van der Waals surface area contributed by atoms with E-state index in [1.54, 1.807) is 11.3 Å². The molecule has 1 unspecified atom stereocenters. The molecule has 1 aromatic heterocycles. The van der Waals surface area contributed by atoms with Gasteiger partial charge in [0.1, 0.15) is 0 Å². The first-order valence-corrected chi connectivity index (χ1v) is 9.71. The van der Waals surface area contributed by atoms with Crippen LogP contribution in [0.2, 0.25) is 0 Å². The van der Waals surface area contributed by atoms with Gasteiger partial charge in [-0.25, -0.2) is 8.42 Å². The summed E-state index contributed by atoms with van der Waals surface area (Å²) in [6, 6.07) is 0. The first-order valence-electron chi connectivity index (χ1n) is 7.01. The molecule has 6 heteroatoms. The monoisotopic (exact) mass is 313 g/mol. The molecule has 2 heterocycles. The van der Waals surface area contributed by atoms with Crippen LogP contribution in [-0.4, -0.2) is 31.4 Å². The first kappa shape index (κ1) is 14.1. The minimum Gasteiger partial charge on any atom is -0.346 e. The number of carbonyl (C=O) groups excluding carboxylic acids is 1. The molecule has 0 spiro atoms. The van der Waals surface area contributed by atoms with E-state index in [2.05, 4.69) is 5.32 Å². The Hall–Kier alpha value is -0.880. The molecular weight excluding hydrogens is 294 g/mol. The Labute approximate surface area is 123 Å². The van der Waals surface area contributed by atoms with Crippen LogP contribution >= 0.6 is 11.3 Å². The van der Waals surface area contributed by atoms with Gasteiger partial charge in [-0.15, -0.1) is 11.3 Å². The lowest BCUT2D eigenvalue weighted by molar-refractivity contribution is 0.0914. The zero-order valence-corrected chi connectivity index (χ0v) is 13.2. The summed E-state index contributed by atoms with van der Waals surface area (Å²) in [6.07, 6.45) is 4.88. The van der Waals surface area contributed by atoms with Crippen molar-refractivity contribution in [3.63, 3.8) is 0 Å². The summed E-state index contributed by atoms with van der Waals surface area (Å²) in [4.78, 5) is 13.8. The molecule has 1 aliphatic heterocycles. The summed E-state index contributed by atoms with van der Waals surface area (Å²) in [5.41, 5.74) is 1.33. The highest BCUT2D eigenvalue weighted by molar-refractivity contribution is 7.91. The van der Waals surface area contributed by atoms with Gasteiger partial charge in [-0.1, -0.05) is 0 Å². The van der Waals surface area contributed by atoms with Gasteiger partial charge in [0.15, 0.2) is 9.84 Å². The van der Waals surface area contributed by atoms with E-state index in [0.717, 1.165) is 24.8 Å². The average Bonchev–Trinajstić information content (AvgIpc) is 2.90. The topological polar surface area (TPSA) is 63.2 Å². The molecule has 1 saturated heterocycles. The van der Waals surface area contributed by atoms with Crippen molar-refractivity contribution in [2.24, 2.45) is 0 Å². The van der Waals surface area contributed by atoms with Gasteiger partial charge in [-0.3, -0.25) is 4.79 Å². The normalized spacial score (nSPS) is 28.1. The number of rotatable bonds is 2. The molecule has 0 bridgehead atoms. The molecule has 110 valence electrons. The number of aryl methyl sites for hydroxylation is 1. The molecule has 0 saturated carbocycles. The van der Waals surface area contributed by atoms with Gasteiger partial charge in [0, 0.05) is 10.3 Å². The Morgan fingerprint density at radius 2 is 2.10 bits per heavy atom. The third-order valence-electron chi connectivity index (χ3n) is 4.22. The molecule has 1 aromatic rings.